The molecule has 0 bridgehead atoms. The van der Waals surface area contributed by atoms with E-state index in [1.54, 1.807) is 18.4 Å². The number of piperazine rings is 1. The largest absolute Gasteiger partial charge is 0.478 e. The van der Waals surface area contributed by atoms with Crippen molar-refractivity contribution >= 4 is 11.9 Å². The number of nitrogens with zero attached hydrogens (tertiary/aromatic N) is 2. The average molecular weight is 418 g/mol. The lowest BCUT2D eigenvalue weighted by atomic mass is 10.0. The quantitative estimate of drug-likeness (QED) is 0.666. The van der Waals surface area contributed by atoms with E-state index in [0.29, 0.717) is 5.56 Å². The van der Waals surface area contributed by atoms with Crippen molar-refractivity contribution in [2.45, 2.75) is 32.5 Å². The number of carboxylic acid groups (broad SMARTS) is 1. The Hall–Kier alpha value is -3.38. The van der Waals surface area contributed by atoms with Gasteiger partial charge in [0.1, 0.15) is 5.76 Å². The highest BCUT2D eigenvalue weighted by Gasteiger charge is 2.33. The van der Waals surface area contributed by atoms with Crippen LogP contribution in [0.25, 0.3) is 11.3 Å². The van der Waals surface area contributed by atoms with Crippen LogP contribution in [0.2, 0.25) is 0 Å². The predicted octanol–water partition coefficient (Wildman–Crippen LogP) is 4.38. The molecular formula is C25H26N2O4. The van der Waals surface area contributed by atoms with E-state index < -0.39 is 5.97 Å². The first kappa shape index (κ1) is 20.9. The Morgan fingerprint density at radius 3 is 2.29 bits per heavy atom. The second kappa shape index (κ2) is 8.78. The van der Waals surface area contributed by atoms with E-state index in [-0.39, 0.29) is 23.6 Å². The van der Waals surface area contributed by atoms with Crippen molar-refractivity contribution in [1.29, 1.82) is 0 Å². The van der Waals surface area contributed by atoms with Gasteiger partial charge in [0.05, 0.1) is 11.8 Å². The number of amides is 1. The fourth-order valence-corrected chi connectivity index (χ4v) is 4.37. The minimum Gasteiger partial charge on any atom is -0.478 e. The summed E-state index contributed by atoms with van der Waals surface area (Å²) in [6.07, 6.45) is 1.63. The van der Waals surface area contributed by atoms with Gasteiger partial charge in [0.2, 0.25) is 0 Å². The van der Waals surface area contributed by atoms with Crippen molar-refractivity contribution in [2.75, 3.05) is 13.1 Å². The molecule has 3 aromatic rings. The van der Waals surface area contributed by atoms with Gasteiger partial charge in [-0.15, -0.1) is 0 Å². The Kier molecular flexibility index (Phi) is 5.91. The van der Waals surface area contributed by atoms with Crippen LogP contribution in [0.15, 0.2) is 71.3 Å². The fraction of sp³-hybridized carbons (Fsp3) is 0.280. The van der Waals surface area contributed by atoms with E-state index in [4.69, 9.17) is 9.52 Å². The van der Waals surface area contributed by atoms with Crippen LogP contribution in [0, 0.1) is 0 Å². The summed E-state index contributed by atoms with van der Waals surface area (Å²) in [6, 6.07) is 18.4. The average Bonchev–Trinajstić information content (AvgIpc) is 3.29. The minimum absolute atomic E-state index is 0.0267. The summed E-state index contributed by atoms with van der Waals surface area (Å²) in [5.41, 5.74) is 2.90. The summed E-state index contributed by atoms with van der Waals surface area (Å²) in [4.78, 5) is 28.6. The smallest absolute Gasteiger partial charge is 0.335 e. The molecule has 1 fully saturated rings. The van der Waals surface area contributed by atoms with Crippen LogP contribution < -0.4 is 0 Å². The fourth-order valence-electron chi connectivity index (χ4n) is 4.37. The summed E-state index contributed by atoms with van der Waals surface area (Å²) >= 11 is 0. The molecule has 1 aliphatic heterocycles. The maximum absolute atomic E-state index is 13.3. The number of furan rings is 1. The molecule has 160 valence electrons. The zero-order valence-electron chi connectivity index (χ0n) is 17.7. The highest BCUT2D eigenvalue weighted by molar-refractivity contribution is 5.95. The Morgan fingerprint density at radius 1 is 0.968 bits per heavy atom. The molecule has 0 spiro atoms. The number of rotatable bonds is 5. The van der Waals surface area contributed by atoms with Crippen LogP contribution in [0.5, 0.6) is 0 Å². The SMILES string of the molecule is C[C@@H]1CN(Cc2ccc(C(=O)O)cc2)C[C@H](C)N1C(=O)c1cccc(-c2ccco2)c1. The van der Waals surface area contributed by atoms with Crippen LogP contribution in [-0.4, -0.2) is 52.0 Å². The molecule has 1 N–H and O–H groups in total. The van der Waals surface area contributed by atoms with E-state index in [0.717, 1.165) is 36.5 Å². The molecule has 1 aromatic heterocycles. The molecule has 31 heavy (non-hydrogen) atoms. The molecule has 1 saturated heterocycles. The lowest BCUT2D eigenvalue weighted by Crippen LogP contribution is -2.58. The summed E-state index contributed by atoms with van der Waals surface area (Å²) in [5, 5.41) is 9.06. The molecule has 2 aromatic carbocycles. The number of aromatic carboxylic acids is 1. The topological polar surface area (TPSA) is 74.0 Å². The molecule has 0 aliphatic carbocycles. The Labute approximate surface area is 181 Å². The Balaban J connectivity index is 1.45. The summed E-state index contributed by atoms with van der Waals surface area (Å²) in [6.45, 7) is 6.39. The van der Waals surface area contributed by atoms with E-state index in [1.165, 1.54) is 0 Å². The molecular weight excluding hydrogens is 392 g/mol. The molecule has 2 heterocycles. The van der Waals surface area contributed by atoms with E-state index in [1.807, 2.05) is 53.4 Å². The highest BCUT2D eigenvalue weighted by atomic mass is 16.4. The van der Waals surface area contributed by atoms with Gasteiger partial charge in [-0.25, -0.2) is 4.79 Å². The third kappa shape index (κ3) is 4.54. The van der Waals surface area contributed by atoms with Gasteiger partial charge in [0.25, 0.3) is 5.91 Å². The molecule has 0 radical (unpaired) electrons. The zero-order chi connectivity index (χ0) is 22.0. The van der Waals surface area contributed by atoms with Gasteiger partial charge < -0.3 is 14.4 Å². The summed E-state index contributed by atoms with van der Waals surface area (Å²) in [5.74, 6) is -0.148. The number of hydrogen-bond acceptors (Lipinski definition) is 4. The van der Waals surface area contributed by atoms with Gasteiger partial charge in [-0.1, -0.05) is 24.3 Å². The number of benzene rings is 2. The monoisotopic (exact) mass is 418 g/mol. The van der Waals surface area contributed by atoms with Crippen molar-refractivity contribution < 1.29 is 19.1 Å². The van der Waals surface area contributed by atoms with Gasteiger partial charge in [-0.05, 0) is 55.8 Å². The first-order valence-corrected chi connectivity index (χ1v) is 10.4. The van der Waals surface area contributed by atoms with Crippen LogP contribution in [0.1, 0.15) is 40.1 Å². The number of carbonyl (C=O) groups is 2. The van der Waals surface area contributed by atoms with Crippen LogP contribution in [0.3, 0.4) is 0 Å². The van der Waals surface area contributed by atoms with E-state index >= 15 is 0 Å². The highest BCUT2D eigenvalue weighted by Crippen LogP contribution is 2.24. The van der Waals surface area contributed by atoms with E-state index in [2.05, 4.69) is 18.7 Å². The summed E-state index contributed by atoms with van der Waals surface area (Å²) in [7, 11) is 0. The van der Waals surface area contributed by atoms with Crippen molar-refractivity contribution in [3.05, 3.63) is 83.6 Å². The Morgan fingerprint density at radius 2 is 1.68 bits per heavy atom. The van der Waals surface area contributed by atoms with Crippen LogP contribution in [0.4, 0.5) is 0 Å². The maximum atomic E-state index is 13.3. The van der Waals surface area contributed by atoms with Gasteiger partial charge in [0.15, 0.2) is 0 Å². The number of hydrogen-bond donors (Lipinski definition) is 1. The second-order valence-corrected chi connectivity index (χ2v) is 8.16. The summed E-state index contributed by atoms with van der Waals surface area (Å²) < 4.78 is 5.47. The second-order valence-electron chi connectivity index (χ2n) is 8.16. The van der Waals surface area contributed by atoms with Crippen LogP contribution in [-0.2, 0) is 6.54 Å². The van der Waals surface area contributed by atoms with Crippen molar-refractivity contribution in [3.8, 4) is 11.3 Å². The van der Waals surface area contributed by atoms with Crippen molar-refractivity contribution in [2.24, 2.45) is 0 Å². The standard InChI is InChI=1S/C25H26N2O4/c1-17-14-26(16-19-8-10-20(11-9-19)25(29)30)15-18(2)27(17)24(28)22-6-3-5-21(13-22)23-7-4-12-31-23/h3-13,17-18H,14-16H2,1-2H3,(H,29,30)/t17-,18+. The predicted molar refractivity (Wildman–Crippen MR) is 118 cm³/mol. The molecule has 0 saturated carbocycles. The lowest BCUT2D eigenvalue weighted by molar-refractivity contribution is 0.0268. The van der Waals surface area contributed by atoms with Gasteiger partial charge in [-0.2, -0.15) is 0 Å². The van der Waals surface area contributed by atoms with Crippen molar-refractivity contribution in [1.82, 2.24) is 9.80 Å². The van der Waals surface area contributed by atoms with Gasteiger partial charge in [0, 0.05) is 42.8 Å². The zero-order valence-corrected chi connectivity index (χ0v) is 17.7. The number of carboxylic acids is 1. The normalized spacial score (nSPS) is 19.4. The molecule has 4 rings (SSSR count). The van der Waals surface area contributed by atoms with E-state index in [9.17, 15) is 9.59 Å². The van der Waals surface area contributed by atoms with Crippen LogP contribution >= 0.6 is 0 Å². The number of carbonyl (C=O) groups excluding carboxylic acids is 1. The minimum atomic E-state index is -0.919. The lowest BCUT2D eigenvalue weighted by Gasteiger charge is -2.44. The molecule has 1 amide bonds. The molecule has 6 heteroatoms. The maximum Gasteiger partial charge on any atom is 0.335 e. The third-order valence-electron chi connectivity index (χ3n) is 5.75. The van der Waals surface area contributed by atoms with Gasteiger partial charge in [-0.3, -0.25) is 9.69 Å². The first-order valence-electron chi connectivity index (χ1n) is 10.4. The molecule has 0 unspecified atom stereocenters. The Bertz CT molecular complexity index is 1050. The molecule has 6 nitrogen and oxygen atoms in total. The molecule has 1 aliphatic rings. The first-order chi connectivity index (χ1) is 14.9. The van der Waals surface area contributed by atoms with Gasteiger partial charge >= 0.3 is 5.97 Å². The van der Waals surface area contributed by atoms with Crippen molar-refractivity contribution in [3.63, 3.8) is 0 Å². The third-order valence-corrected chi connectivity index (χ3v) is 5.75. The molecule has 2 atom stereocenters.